The van der Waals surface area contributed by atoms with E-state index in [1.54, 1.807) is 19.3 Å². The molecule has 2 heteroatoms. The van der Waals surface area contributed by atoms with Crippen LogP contribution >= 0.6 is 0 Å². The van der Waals surface area contributed by atoms with Crippen LogP contribution in [0, 0.1) is 5.92 Å². The second-order valence-electron chi connectivity index (χ2n) is 9.42. The topological polar surface area (TPSA) is 0 Å². The lowest BCUT2D eigenvalue weighted by molar-refractivity contribution is -0.942. The summed E-state index contributed by atoms with van der Waals surface area (Å²) >= 11 is 0. The number of unbranched alkanes of at least 4 members (excludes halogenated alkanes) is 14. The van der Waals surface area contributed by atoms with Gasteiger partial charge in [-0.25, -0.2) is 0 Å². The van der Waals surface area contributed by atoms with Gasteiger partial charge in [0.15, 0.2) is 0 Å². The van der Waals surface area contributed by atoms with Crippen LogP contribution in [0.3, 0.4) is 0 Å². The summed E-state index contributed by atoms with van der Waals surface area (Å²) in [7, 11) is 0. The zero-order valence-electron chi connectivity index (χ0n) is 18.0. The Balaban J connectivity index is 0.00000338. The summed E-state index contributed by atoms with van der Waals surface area (Å²) < 4.78 is 1.51. The van der Waals surface area contributed by atoms with Crippen molar-refractivity contribution in [3.8, 4) is 0 Å². The molecule has 0 aliphatic carbocycles. The Bertz CT molecular complexity index is 296. The molecule has 0 spiro atoms. The van der Waals surface area contributed by atoms with Gasteiger partial charge >= 0.3 is 0 Å². The standard InChI is InChI=1S/C24H48N.ClH/c1-2-3-4-5-6-7-8-9-10-11-12-13-14-15-16-20-25-21-17-24(18-22-25)19-23-25;/h24H,2-23H2,1H3;1H/q+1;/p-1. The Morgan fingerprint density at radius 2 is 0.885 bits per heavy atom. The molecule has 156 valence electrons. The van der Waals surface area contributed by atoms with Gasteiger partial charge in [-0.3, -0.25) is 0 Å². The fourth-order valence-corrected chi connectivity index (χ4v) is 5.29. The van der Waals surface area contributed by atoms with E-state index in [-0.39, 0.29) is 12.4 Å². The number of nitrogens with zero attached hydrogens (tertiary/aromatic N) is 1. The van der Waals surface area contributed by atoms with E-state index in [4.69, 9.17) is 0 Å². The first-order valence-corrected chi connectivity index (χ1v) is 12.2. The van der Waals surface area contributed by atoms with Crippen molar-refractivity contribution in [2.24, 2.45) is 5.92 Å². The quantitative estimate of drug-likeness (QED) is 0.271. The normalized spacial score (nSPS) is 24.6. The van der Waals surface area contributed by atoms with Crippen LogP contribution in [0.15, 0.2) is 0 Å². The van der Waals surface area contributed by atoms with Gasteiger partial charge in [0.05, 0.1) is 26.2 Å². The average molecular weight is 386 g/mol. The van der Waals surface area contributed by atoms with Crippen LogP contribution in [0.4, 0.5) is 0 Å². The van der Waals surface area contributed by atoms with Gasteiger partial charge in [0.25, 0.3) is 0 Å². The van der Waals surface area contributed by atoms with Crippen LogP contribution in [0.1, 0.15) is 122 Å². The average Bonchev–Trinajstić information content (AvgIpc) is 2.66. The smallest absolute Gasteiger partial charge is 0.0789 e. The van der Waals surface area contributed by atoms with E-state index in [1.165, 1.54) is 127 Å². The zero-order chi connectivity index (χ0) is 17.6. The first kappa shape index (κ1) is 24.3. The van der Waals surface area contributed by atoms with Crippen LogP contribution in [0.25, 0.3) is 0 Å². The third-order valence-corrected chi connectivity index (χ3v) is 7.27. The Labute approximate surface area is 171 Å². The van der Waals surface area contributed by atoms with Crippen molar-refractivity contribution in [1.82, 2.24) is 0 Å². The van der Waals surface area contributed by atoms with E-state index in [1.807, 2.05) is 0 Å². The number of hydrogen-bond donors (Lipinski definition) is 0. The molecule has 3 rings (SSSR count). The van der Waals surface area contributed by atoms with Gasteiger partial charge in [-0.15, -0.1) is 0 Å². The summed E-state index contributed by atoms with van der Waals surface area (Å²) in [6.45, 7) is 8.36. The molecule has 2 bridgehead atoms. The number of rotatable bonds is 16. The molecule has 26 heavy (non-hydrogen) atoms. The predicted molar refractivity (Wildman–Crippen MR) is 112 cm³/mol. The molecule has 3 fully saturated rings. The van der Waals surface area contributed by atoms with Crippen molar-refractivity contribution in [3.05, 3.63) is 0 Å². The van der Waals surface area contributed by atoms with E-state index in [0.717, 1.165) is 5.92 Å². The fourth-order valence-electron chi connectivity index (χ4n) is 5.29. The Morgan fingerprint density at radius 3 is 1.27 bits per heavy atom. The van der Waals surface area contributed by atoms with Crippen molar-refractivity contribution >= 4 is 0 Å². The third-order valence-electron chi connectivity index (χ3n) is 7.27. The van der Waals surface area contributed by atoms with Gasteiger partial charge in [0.1, 0.15) is 0 Å². The molecule has 0 saturated carbocycles. The maximum Gasteiger partial charge on any atom is 0.0789 e. The molecular formula is C24H48ClN. The third kappa shape index (κ3) is 9.98. The Hall–Kier alpha value is 0.250. The zero-order valence-corrected chi connectivity index (χ0v) is 18.7. The van der Waals surface area contributed by atoms with Gasteiger partial charge in [-0.2, -0.15) is 0 Å². The number of fused-ring (bicyclic) bond motifs is 3. The van der Waals surface area contributed by atoms with E-state index >= 15 is 0 Å². The highest BCUT2D eigenvalue weighted by molar-refractivity contribution is 4.71. The second-order valence-corrected chi connectivity index (χ2v) is 9.42. The maximum absolute atomic E-state index is 2.30. The largest absolute Gasteiger partial charge is 1.00 e. The maximum atomic E-state index is 2.30. The summed E-state index contributed by atoms with van der Waals surface area (Å²) in [5.41, 5.74) is 0. The minimum atomic E-state index is 0. The summed E-state index contributed by atoms with van der Waals surface area (Å²) in [5.74, 6) is 1.11. The van der Waals surface area contributed by atoms with Crippen molar-refractivity contribution in [2.75, 3.05) is 26.2 Å². The van der Waals surface area contributed by atoms with Crippen molar-refractivity contribution in [1.29, 1.82) is 0 Å². The number of halogens is 1. The van der Waals surface area contributed by atoms with Crippen molar-refractivity contribution in [2.45, 2.75) is 122 Å². The summed E-state index contributed by atoms with van der Waals surface area (Å²) in [6, 6.07) is 0. The van der Waals surface area contributed by atoms with E-state index in [0.29, 0.717) is 0 Å². The molecule has 3 aliphatic rings. The summed E-state index contributed by atoms with van der Waals surface area (Å²) in [4.78, 5) is 0. The molecule has 0 amide bonds. The highest BCUT2D eigenvalue weighted by atomic mass is 35.5. The molecule has 0 aromatic rings. The molecule has 0 atom stereocenters. The van der Waals surface area contributed by atoms with Gasteiger partial charge in [-0.05, 0) is 38.0 Å². The fraction of sp³-hybridized carbons (Fsp3) is 1.00. The summed E-state index contributed by atoms with van der Waals surface area (Å²) in [6.07, 6.45) is 26.9. The Kier molecular flexibility index (Phi) is 14.2. The van der Waals surface area contributed by atoms with Crippen molar-refractivity contribution < 1.29 is 16.9 Å². The number of piperidine rings is 3. The first-order valence-electron chi connectivity index (χ1n) is 12.2. The molecule has 0 unspecified atom stereocenters. The van der Waals surface area contributed by atoms with E-state index in [9.17, 15) is 0 Å². The van der Waals surface area contributed by atoms with Crippen molar-refractivity contribution in [3.63, 3.8) is 0 Å². The molecule has 0 N–H and O–H groups in total. The molecular weight excluding hydrogens is 338 g/mol. The lowest BCUT2D eigenvalue weighted by atomic mass is 9.85. The van der Waals surface area contributed by atoms with Crippen LogP contribution < -0.4 is 12.4 Å². The SMILES string of the molecule is CCCCCCCCCCCCCCCCC[N+]12CCC(CC1)CC2.[Cl-]. The molecule has 3 heterocycles. The molecule has 1 nitrogen and oxygen atoms in total. The molecule has 0 radical (unpaired) electrons. The first-order chi connectivity index (χ1) is 12.3. The lowest BCUT2D eigenvalue weighted by Crippen LogP contribution is -3.00. The molecule has 3 aliphatic heterocycles. The predicted octanol–water partition coefficient (Wildman–Crippen LogP) is 4.49. The van der Waals surface area contributed by atoms with Gasteiger partial charge in [-0.1, -0.05) is 90.4 Å². The highest BCUT2D eigenvalue weighted by Crippen LogP contribution is 2.33. The Morgan fingerprint density at radius 1 is 0.538 bits per heavy atom. The van der Waals surface area contributed by atoms with Crippen LogP contribution in [-0.2, 0) is 0 Å². The lowest BCUT2D eigenvalue weighted by Gasteiger charge is -2.49. The second kappa shape index (κ2) is 15.2. The monoisotopic (exact) mass is 385 g/mol. The van der Waals surface area contributed by atoms with E-state index < -0.39 is 0 Å². The van der Waals surface area contributed by atoms with E-state index in [2.05, 4.69) is 6.92 Å². The minimum absolute atomic E-state index is 0. The van der Waals surface area contributed by atoms with Gasteiger partial charge in [0.2, 0.25) is 0 Å². The molecule has 3 saturated heterocycles. The highest BCUT2D eigenvalue weighted by Gasteiger charge is 2.38. The van der Waals surface area contributed by atoms with Crippen LogP contribution in [0.2, 0.25) is 0 Å². The minimum Gasteiger partial charge on any atom is -1.00 e. The number of hydrogen-bond acceptors (Lipinski definition) is 0. The molecule has 0 aromatic carbocycles. The number of quaternary nitrogens is 1. The van der Waals surface area contributed by atoms with Gasteiger partial charge in [0, 0.05) is 0 Å². The summed E-state index contributed by atoms with van der Waals surface area (Å²) in [5, 5.41) is 0. The van der Waals surface area contributed by atoms with Crippen LogP contribution in [-0.4, -0.2) is 30.7 Å². The van der Waals surface area contributed by atoms with Crippen LogP contribution in [0.5, 0.6) is 0 Å². The molecule has 0 aromatic heterocycles. The van der Waals surface area contributed by atoms with Gasteiger partial charge < -0.3 is 16.9 Å².